The summed E-state index contributed by atoms with van der Waals surface area (Å²) in [6.07, 6.45) is 4.02. The molecule has 2 N–H and O–H groups in total. The maximum atomic E-state index is 12.9. The number of aryl methyl sites for hydroxylation is 1. The second-order valence-corrected chi connectivity index (χ2v) is 7.97. The Labute approximate surface area is 162 Å². The van der Waals surface area contributed by atoms with E-state index in [1.165, 1.54) is 0 Å². The number of carbonyl (C=O) groups is 2. The number of benzene rings is 1. The Kier molecular flexibility index (Phi) is 4.61. The zero-order chi connectivity index (χ0) is 20.0. The molecule has 148 valence electrons. The molecule has 2 fully saturated rings. The van der Waals surface area contributed by atoms with E-state index >= 15 is 0 Å². The predicted octanol–water partition coefficient (Wildman–Crippen LogP) is 2.66. The van der Waals surface area contributed by atoms with Gasteiger partial charge in [0, 0.05) is 19.2 Å². The minimum absolute atomic E-state index is 0.0613. The van der Waals surface area contributed by atoms with Gasteiger partial charge in [0.05, 0.1) is 23.0 Å². The monoisotopic (exact) mass is 383 g/mol. The zero-order valence-electron chi connectivity index (χ0n) is 16.0. The van der Waals surface area contributed by atoms with Crippen molar-refractivity contribution in [3.05, 3.63) is 46.5 Å². The second-order valence-electron chi connectivity index (χ2n) is 7.97. The summed E-state index contributed by atoms with van der Waals surface area (Å²) in [6, 6.07) is 5.84. The molecule has 28 heavy (non-hydrogen) atoms. The van der Waals surface area contributed by atoms with Crippen LogP contribution in [-0.4, -0.2) is 26.1 Å². The maximum absolute atomic E-state index is 12.9. The molecule has 1 aliphatic carbocycles. The van der Waals surface area contributed by atoms with Crippen molar-refractivity contribution in [1.29, 1.82) is 0 Å². The van der Waals surface area contributed by atoms with Crippen LogP contribution in [0.15, 0.2) is 35.3 Å². The fourth-order valence-corrected chi connectivity index (χ4v) is 4.66. The number of amides is 1. The highest BCUT2D eigenvalue weighted by molar-refractivity contribution is 5.80. The molecule has 2 heterocycles. The van der Waals surface area contributed by atoms with Gasteiger partial charge in [0.25, 0.3) is 0 Å². The highest BCUT2D eigenvalue weighted by atomic mass is 16.4. The Morgan fingerprint density at radius 1 is 1.14 bits per heavy atom. The Balaban J connectivity index is 1.67. The van der Waals surface area contributed by atoms with E-state index < -0.39 is 5.97 Å². The number of imidazole rings is 1. The van der Waals surface area contributed by atoms with E-state index in [1.807, 2.05) is 12.1 Å². The third-order valence-corrected chi connectivity index (χ3v) is 6.32. The van der Waals surface area contributed by atoms with Crippen molar-refractivity contribution in [1.82, 2.24) is 14.5 Å². The summed E-state index contributed by atoms with van der Waals surface area (Å²) in [4.78, 5) is 35.7. The SMILES string of the molecule is C=C1NC(=O)CCC1n1c(=O)n(C)c2cc([C@H]3CC[C@@H](C(=O)O)CC3)ccc21. The van der Waals surface area contributed by atoms with Crippen molar-refractivity contribution in [3.8, 4) is 0 Å². The average Bonchev–Trinajstić information content (AvgIpc) is 2.92. The number of carboxylic acid groups (broad SMARTS) is 1. The minimum atomic E-state index is -0.701. The third-order valence-electron chi connectivity index (χ3n) is 6.32. The van der Waals surface area contributed by atoms with Crippen molar-refractivity contribution in [2.24, 2.45) is 13.0 Å². The molecule has 1 aromatic heterocycles. The molecule has 2 aliphatic rings. The van der Waals surface area contributed by atoms with Crippen LogP contribution in [0.1, 0.15) is 56.0 Å². The largest absolute Gasteiger partial charge is 0.481 e. The Bertz CT molecular complexity index is 1020. The van der Waals surface area contributed by atoms with Crippen LogP contribution in [0.4, 0.5) is 0 Å². The molecular weight excluding hydrogens is 358 g/mol. The molecule has 1 saturated carbocycles. The molecule has 7 heteroatoms. The number of nitrogens with one attached hydrogen (secondary N) is 1. The number of rotatable bonds is 3. The molecule has 1 atom stereocenters. The molecule has 1 amide bonds. The van der Waals surface area contributed by atoms with Crippen molar-refractivity contribution in [2.75, 3.05) is 0 Å². The summed E-state index contributed by atoms with van der Waals surface area (Å²) < 4.78 is 3.37. The number of hydrogen-bond acceptors (Lipinski definition) is 3. The fourth-order valence-electron chi connectivity index (χ4n) is 4.66. The number of piperidine rings is 1. The van der Waals surface area contributed by atoms with Gasteiger partial charge in [-0.25, -0.2) is 4.79 Å². The Morgan fingerprint density at radius 2 is 1.86 bits per heavy atom. The number of nitrogens with zero attached hydrogens (tertiary/aromatic N) is 2. The first-order valence-electron chi connectivity index (χ1n) is 9.79. The average molecular weight is 383 g/mol. The van der Waals surface area contributed by atoms with Crippen molar-refractivity contribution < 1.29 is 14.7 Å². The van der Waals surface area contributed by atoms with Crippen molar-refractivity contribution in [3.63, 3.8) is 0 Å². The van der Waals surface area contributed by atoms with Crippen LogP contribution in [0.25, 0.3) is 11.0 Å². The molecule has 0 bridgehead atoms. The van der Waals surface area contributed by atoms with Crippen molar-refractivity contribution in [2.45, 2.75) is 50.5 Å². The number of carbonyl (C=O) groups excluding carboxylic acids is 1. The van der Waals surface area contributed by atoms with E-state index in [2.05, 4.69) is 18.0 Å². The molecule has 1 aliphatic heterocycles. The van der Waals surface area contributed by atoms with Crippen LogP contribution < -0.4 is 11.0 Å². The summed E-state index contributed by atoms with van der Waals surface area (Å²) in [7, 11) is 1.76. The standard InChI is InChI=1S/C21H25N3O4/c1-12-16(9-10-19(25)22-12)24-17-8-7-15(11-18(17)23(2)21(24)28)13-3-5-14(6-4-13)20(26)27/h7-8,11,13-14,16H,1,3-6,9-10H2,2H3,(H,22,25)(H,26,27)/t13-,14+,16?. The third kappa shape index (κ3) is 3.04. The summed E-state index contributed by atoms with van der Waals surface area (Å²) in [5, 5.41) is 11.9. The zero-order valence-corrected chi connectivity index (χ0v) is 16.0. The first-order chi connectivity index (χ1) is 13.4. The molecule has 1 saturated heterocycles. The van der Waals surface area contributed by atoms with Gasteiger partial charge in [-0.15, -0.1) is 0 Å². The van der Waals surface area contributed by atoms with Gasteiger partial charge in [0.2, 0.25) is 5.91 Å². The van der Waals surface area contributed by atoms with Crippen LogP contribution >= 0.6 is 0 Å². The Morgan fingerprint density at radius 3 is 2.50 bits per heavy atom. The molecule has 4 rings (SSSR count). The van der Waals surface area contributed by atoms with Gasteiger partial charge in [-0.3, -0.25) is 18.7 Å². The highest BCUT2D eigenvalue weighted by Crippen LogP contribution is 2.37. The fraction of sp³-hybridized carbons (Fsp3) is 0.476. The van der Waals surface area contributed by atoms with Gasteiger partial charge >= 0.3 is 11.7 Å². The van der Waals surface area contributed by atoms with Crippen LogP contribution in [0.2, 0.25) is 0 Å². The lowest BCUT2D eigenvalue weighted by Gasteiger charge is -2.27. The lowest BCUT2D eigenvalue weighted by Crippen LogP contribution is -2.37. The molecule has 1 unspecified atom stereocenters. The second kappa shape index (κ2) is 6.96. The minimum Gasteiger partial charge on any atom is -0.481 e. The molecule has 7 nitrogen and oxygen atoms in total. The maximum Gasteiger partial charge on any atom is 0.329 e. The van der Waals surface area contributed by atoms with E-state index in [9.17, 15) is 19.5 Å². The molecule has 0 radical (unpaired) electrons. The lowest BCUT2D eigenvalue weighted by molar-refractivity contribution is -0.142. The van der Waals surface area contributed by atoms with Gasteiger partial charge in [-0.1, -0.05) is 12.6 Å². The Hall–Kier alpha value is -2.83. The highest BCUT2D eigenvalue weighted by Gasteiger charge is 2.29. The normalized spacial score (nSPS) is 25.7. The molecule has 1 aromatic carbocycles. The summed E-state index contributed by atoms with van der Waals surface area (Å²) in [5.41, 5.74) is 3.27. The van der Waals surface area contributed by atoms with E-state index in [0.29, 0.717) is 37.3 Å². The van der Waals surface area contributed by atoms with E-state index in [4.69, 9.17) is 0 Å². The van der Waals surface area contributed by atoms with Crippen molar-refractivity contribution >= 4 is 22.9 Å². The predicted molar refractivity (Wildman–Crippen MR) is 105 cm³/mol. The summed E-state index contributed by atoms with van der Waals surface area (Å²) >= 11 is 0. The van der Waals surface area contributed by atoms with Gasteiger partial charge in [-0.05, 0) is 55.7 Å². The van der Waals surface area contributed by atoms with Gasteiger partial charge < -0.3 is 10.4 Å². The van der Waals surface area contributed by atoms with Gasteiger partial charge in [-0.2, -0.15) is 0 Å². The van der Waals surface area contributed by atoms with E-state index in [1.54, 1.807) is 16.2 Å². The van der Waals surface area contributed by atoms with Crippen LogP contribution in [0, 0.1) is 5.92 Å². The van der Waals surface area contributed by atoms with Gasteiger partial charge in [0.15, 0.2) is 0 Å². The summed E-state index contributed by atoms with van der Waals surface area (Å²) in [5.74, 6) is -0.678. The van der Waals surface area contributed by atoms with Crippen LogP contribution in [-0.2, 0) is 16.6 Å². The topological polar surface area (TPSA) is 93.3 Å². The smallest absolute Gasteiger partial charge is 0.329 e. The first kappa shape index (κ1) is 18.5. The van der Waals surface area contributed by atoms with Crippen LogP contribution in [0.5, 0.6) is 0 Å². The number of allylic oxidation sites excluding steroid dienone is 1. The molecule has 2 aromatic rings. The van der Waals surface area contributed by atoms with E-state index in [0.717, 1.165) is 29.4 Å². The first-order valence-corrected chi connectivity index (χ1v) is 9.79. The number of aromatic nitrogens is 2. The lowest BCUT2D eigenvalue weighted by atomic mass is 9.78. The number of fused-ring (bicyclic) bond motifs is 1. The number of hydrogen-bond donors (Lipinski definition) is 2. The molecule has 0 spiro atoms. The summed E-state index contributed by atoms with van der Waals surface area (Å²) in [6.45, 7) is 3.94. The quantitative estimate of drug-likeness (QED) is 0.852. The number of aliphatic carboxylic acids is 1. The number of carboxylic acids is 1. The van der Waals surface area contributed by atoms with E-state index in [-0.39, 0.29) is 23.6 Å². The molecular formula is C21H25N3O4. The van der Waals surface area contributed by atoms with Crippen LogP contribution in [0.3, 0.4) is 0 Å². The van der Waals surface area contributed by atoms with Gasteiger partial charge in [0.1, 0.15) is 0 Å².